The fourth-order valence-corrected chi connectivity index (χ4v) is 1.85. The number of rotatable bonds is 8. The second-order valence-electron chi connectivity index (χ2n) is 4.06. The summed E-state index contributed by atoms with van der Waals surface area (Å²) in [5.74, 6) is 3.38. The van der Waals surface area contributed by atoms with Crippen molar-refractivity contribution >= 4 is 11.6 Å². The van der Waals surface area contributed by atoms with E-state index in [9.17, 15) is 0 Å². The maximum atomic E-state index is 6.16. The third-order valence-electron chi connectivity index (χ3n) is 2.50. The normalized spacial score (nSPS) is 10.1. The highest BCUT2D eigenvalue weighted by atomic mass is 35.5. The van der Waals surface area contributed by atoms with Gasteiger partial charge in [0, 0.05) is 18.5 Å². The second-order valence-corrected chi connectivity index (χ2v) is 4.47. The molecule has 1 aromatic rings. The Morgan fingerprint density at radius 1 is 1.44 bits per heavy atom. The van der Waals surface area contributed by atoms with Crippen molar-refractivity contribution in [2.24, 2.45) is 0 Å². The molecule has 0 amide bonds. The Morgan fingerprint density at radius 3 is 3.00 bits per heavy atom. The summed E-state index contributed by atoms with van der Waals surface area (Å²) < 4.78 is 5.73. The second kappa shape index (κ2) is 8.85. The molecule has 0 aliphatic rings. The molecule has 1 N–H and O–H groups in total. The van der Waals surface area contributed by atoms with Crippen molar-refractivity contribution in [3.63, 3.8) is 0 Å². The zero-order chi connectivity index (χ0) is 13.2. The average molecular weight is 266 g/mol. The first-order valence-electron chi connectivity index (χ1n) is 6.34. The van der Waals surface area contributed by atoms with E-state index >= 15 is 0 Å². The molecule has 3 heteroatoms. The van der Waals surface area contributed by atoms with Crippen LogP contribution in [0.4, 0.5) is 0 Å². The number of nitrogens with one attached hydrogen (secondary N) is 1. The molecule has 18 heavy (non-hydrogen) atoms. The van der Waals surface area contributed by atoms with Crippen LogP contribution in [0.5, 0.6) is 5.75 Å². The minimum atomic E-state index is 0.606. The minimum absolute atomic E-state index is 0.606. The van der Waals surface area contributed by atoms with E-state index in [2.05, 4.69) is 18.2 Å². The zero-order valence-corrected chi connectivity index (χ0v) is 11.6. The van der Waals surface area contributed by atoms with Gasteiger partial charge in [-0.1, -0.05) is 30.7 Å². The first-order chi connectivity index (χ1) is 8.79. The first-order valence-corrected chi connectivity index (χ1v) is 6.71. The fraction of sp³-hybridized carbons (Fsp3) is 0.467. The molecule has 0 saturated carbocycles. The largest absolute Gasteiger partial charge is 0.492 e. The van der Waals surface area contributed by atoms with Gasteiger partial charge in [0.2, 0.25) is 0 Å². The molecule has 0 saturated heterocycles. The summed E-state index contributed by atoms with van der Waals surface area (Å²) in [6.07, 6.45) is 7.90. The average Bonchev–Trinajstić information content (AvgIpc) is 2.37. The number of para-hydroxylation sites is 1. The van der Waals surface area contributed by atoms with E-state index in [0.29, 0.717) is 11.6 Å². The number of hydrogen-bond acceptors (Lipinski definition) is 2. The van der Waals surface area contributed by atoms with Gasteiger partial charge in [0.05, 0.1) is 11.6 Å². The lowest BCUT2D eigenvalue weighted by Crippen LogP contribution is -2.15. The van der Waals surface area contributed by atoms with Crippen molar-refractivity contribution in [2.45, 2.75) is 32.7 Å². The van der Waals surface area contributed by atoms with Gasteiger partial charge in [0.1, 0.15) is 5.75 Å². The van der Waals surface area contributed by atoms with E-state index in [1.165, 1.54) is 0 Å². The Balaban J connectivity index is 2.59. The number of unbranched alkanes of at least 4 members (excludes halogenated alkanes) is 1. The van der Waals surface area contributed by atoms with Gasteiger partial charge in [-0.2, -0.15) is 0 Å². The highest BCUT2D eigenvalue weighted by molar-refractivity contribution is 6.32. The minimum Gasteiger partial charge on any atom is -0.492 e. The van der Waals surface area contributed by atoms with Crippen LogP contribution >= 0.6 is 11.6 Å². The van der Waals surface area contributed by atoms with Gasteiger partial charge in [-0.15, -0.1) is 12.3 Å². The van der Waals surface area contributed by atoms with Crippen molar-refractivity contribution in [3.05, 3.63) is 28.8 Å². The molecular formula is C15H20ClNO. The van der Waals surface area contributed by atoms with Gasteiger partial charge < -0.3 is 10.1 Å². The molecule has 0 bridgehead atoms. The van der Waals surface area contributed by atoms with Crippen LogP contribution in [0.1, 0.15) is 31.7 Å². The summed E-state index contributed by atoms with van der Waals surface area (Å²) in [5, 5.41) is 4.01. The summed E-state index contributed by atoms with van der Waals surface area (Å²) in [4.78, 5) is 0. The lowest BCUT2D eigenvalue weighted by molar-refractivity contribution is 0.309. The maximum absolute atomic E-state index is 6.16. The number of benzene rings is 1. The van der Waals surface area contributed by atoms with Crippen LogP contribution in [0.3, 0.4) is 0 Å². The Labute approximate surface area is 115 Å². The van der Waals surface area contributed by atoms with E-state index in [1.54, 1.807) is 0 Å². The highest BCUT2D eigenvalue weighted by Gasteiger charge is 2.07. The number of ether oxygens (including phenoxy) is 1. The lowest BCUT2D eigenvalue weighted by Gasteiger charge is -2.13. The maximum Gasteiger partial charge on any atom is 0.142 e. The molecule has 0 unspecified atom stereocenters. The van der Waals surface area contributed by atoms with Crippen LogP contribution in [-0.4, -0.2) is 13.2 Å². The third kappa shape index (κ3) is 5.00. The van der Waals surface area contributed by atoms with Gasteiger partial charge in [0.15, 0.2) is 0 Å². The van der Waals surface area contributed by atoms with Crippen LogP contribution in [0.2, 0.25) is 5.02 Å². The molecule has 0 radical (unpaired) electrons. The summed E-state index contributed by atoms with van der Waals surface area (Å²) >= 11 is 6.16. The molecule has 0 atom stereocenters. The summed E-state index contributed by atoms with van der Waals surface area (Å²) in [6.45, 7) is 4.51. The molecule has 0 aliphatic heterocycles. The molecule has 98 valence electrons. The number of hydrogen-bond donors (Lipinski definition) is 1. The Morgan fingerprint density at radius 2 is 2.28 bits per heavy atom. The summed E-state index contributed by atoms with van der Waals surface area (Å²) in [6, 6.07) is 5.83. The molecule has 0 fully saturated rings. The van der Waals surface area contributed by atoms with E-state index in [0.717, 1.165) is 43.7 Å². The molecule has 0 spiro atoms. The van der Waals surface area contributed by atoms with E-state index in [1.807, 2.05) is 18.2 Å². The van der Waals surface area contributed by atoms with Gasteiger partial charge in [-0.25, -0.2) is 0 Å². The van der Waals surface area contributed by atoms with Gasteiger partial charge in [0.25, 0.3) is 0 Å². The summed E-state index contributed by atoms with van der Waals surface area (Å²) in [5.41, 5.74) is 1.09. The predicted octanol–water partition coefficient (Wildman–Crippen LogP) is 3.63. The van der Waals surface area contributed by atoms with Crippen LogP contribution in [0.25, 0.3) is 0 Å². The molecule has 2 nitrogen and oxygen atoms in total. The Bertz CT molecular complexity index is 398. The van der Waals surface area contributed by atoms with Crippen LogP contribution < -0.4 is 10.1 Å². The topological polar surface area (TPSA) is 21.3 Å². The highest BCUT2D eigenvalue weighted by Crippen LogP contribution is 2.28. The van der Waals surface area contributed by atoms with Gasteiger partial charge in [-0.3, -0.25) is 0 Å². The quantitative estimate of drug-likeness (QED) is 0.572. The van der Waals surface area contributed by atoms with Crippen LogP contribution in [0.15, 0.2) is 18.2 Å². The number of terminal acetylenes is 1. The Hall–Kier alpha value is -1.17. The van der Waals surface area contributed by atoms with Gasteiger partial charge in [-0.05, 0) is 25.5 Å². The van der Waals surface area contributed by atoms with Crippen molar-refractivity contribution in [1.29, 1.82) is 0 Å². The molecule has 0 aliphatic carbocycles. The third-order valence-corrected chi connectivity index (χ3v) is 2.80. The van der Waals surface area contributed by atoms with Crippen molar-refractivity contribution in [2.75, 3.05) is 13.2 Å². The first kappa shape index (κ1) is 14.9. The van der Waals surface area contributed by atoms with E-state index in [-0.39, 0.29) is 0 Å². The SMILES string of the molecule is C#CCCCOc1c(Cl)cccc1CNCCC. The summed E-state index contributed by atoms with van der Waals surface area (Å²) in [7, 11) is 0. The molecular weight excluding hydrogens is 246 g/mol. The van der Waals surface area contributed by atoms with Crippen LogP contribution in [-0.2, 0) is 6.54 Å². The Kier molecular flexibility index (Phi) is 7.32. The molecule has 0 heterocycles. The smallest absolute Gasteiger partial charge is 0.142 e. The molecule has 0 aromatic heterocycles. The fourth-order valence-electron chi connectivity index (χ4n) is 1.60. The molecule has 1 aromatic carbocycles. The predicted molar refractivity (Wildman–Crippen MR) is 77.0 cm³/mol. The van der Waals surface area contributed by atoms with Crippen molar-refractivity contribution < 1.29 is 4.74 Å². The van der Waals surface area contributed by atoms with Crippen LogP contribution in [0, 0.1) is 12.3 Å². The van der Waals surface area contributed by atoms with Crippen molar-refractivity contribution in [1.82, 2.24) is 5.32 Å². The lowest BCUT2D eigenvalue weighted by atomic mass is 10.2. The monoisotopic (exact) mass is 265 g/mol. The van der Waals surface area contributed by atoms with Gasteiger partial charge >= 0.3 is 0 Å². The standard InChI is InChI=1S/C15H20ClNO/c1-3-5-6-11-18-15-13(12-17-10-4-2)8-7-9-14(15)16/h1,7-9,17H,4-6,10-12H2,2H3. The zero-order valence-electron chi connectivity index (χ0n) is 10.8. The van der Waals surface area contributed by atoms with Crippen molar-refractivity contribution in [3.8, 4) is 18.1 Å². The van der Waals surface area contributed by atoms with E-state index in [4.69, 9.17) is 22.8 Å². The molecule has 1 rings (SSSR count). The number of halogens is 1. The van der Waals surface area contributed by atoms with E-state index < -0.39 is 0 Å².